The summed E-state index contributed by atoms with van der Waals surface area (Å²) >= 11 is 0. The van der Waals surface area contributed by atoms with E-state index in [4.69, 9.17) is 4.74 Å². The van der Waals surface area contributed by atoms with Gasteiger partial charge in [0.05, 0.1) is 12.0 Å². The molecule has 4 rings (SSSR count). The highest BCUT2D eigenvalue weighted by Gasteiger charge is 2.29. The standard InChI is InChI=1S/C23H28N2O4S/c1-29-21-11-9-17(10-12-21)19-13-14-25(16-19)23(26)18-5-4-8-22(15-18)30(27,28)24-20-6-2-3-7-20/h4-5,8-12,15,19-20,24H,2-3,6-7,13-14,16H2,1H3. The molecule has 0 spiro atoms. The van der Waals surface area contributed by atoms with Crippen molar-refractivity contribution < 1.29 is 17.9 Å². The molecular weight excluding hydrogens is 400 g/mol. The van der Waals surface area contributed by atoms with Crippen LogP contribution in [0.25, 0.3) is 0 Å². The maximum Gasteiger partial charge on any atom is 0.253 e. The van der Waals surface area contributed by atoms with Crippen LogP contribution in [0.1, 0.15) is 53.9 Å². The summed E-state index contributed by atoms with van der Waals surface area (Å²) in [6.45, 7) is 1.29. The Labute approximate surface area is 178 Å². The number of carbonyl (C=O) groups is 1. The van der Waals surface area contributed by atoms with Crippen LogP contribution in [0.5, 0.6) is 5.75 Å². The third-order valence-electron chi connectivity index (χ3n) is 6.13. The largest absolute Gasteiger partial charge is 0.497 e. The number of nitrogens with zero attached hydrogens (tertiary/aromatic N) is 1. The molecule has 1 aliphatic heterocycles. The summed E-state index contributed by atoms with van der Waals surface area (Å²) < 4.78 is 33.4. The first kappa shape index (κ1) is 20.9. The highest BCUT2D eigenvalue weighted by atomic mass is 32.2. The van der Waals surface area contributed by atoms with E-state index < -0.39 is 10.0 Å². The normalized spacial score (nSPS) is 19.9. The van der Waals surface area contributed by atoms with Gasteiger partial charge in [-0.25, -0.2) is 13.1 Å². The summed E-state index contributed by atoms with van der Waals surface area (Å²) in [5.41, 5.74) is 1.60. The first-order valence-corrected chi connectivity index (χ1v) is 12.0. The number of nitrogens with one attached hydrogen (secondary N) is 1. The monoisotopic (exact) mass is 428 g/mol. The lowest BCUT2D eigenvalue weighted by atomic mass is 9.98. The summed E-state index contributed by atoms with van der Waals surface area (Å²) in [4.78, 5) is 15.0. The number of sulfonamides is 1. The highest BCUT2D eigenvalue weighted by molar-refractivity contribution is 7.89. The zero-order valence-corrected chi connectivity index (χ0v) is 18.0. The number of likely N-dealkylation sites (tertiary alicyclic amines) is 1. The van der Waals surface area contributed by atoms with Crippen LogP contribution in [0.4, 0.5) is 0 Å². The average molecular weight is 429 g/mol. The highest BCUT2D eigenvalue weighted by Crippen LogP contribution is 2.29. The number of ether oxygens (including phenoxy) is 1. The predicted molar refractivity (Wildman–Crippen MR) is 115 cm³/mol. The maximum absolute atomic E-state index is 13.0. The second kappa shape index (κ2) is 8.78. The molecule has 30 heavy (non-hydrogen) atoms. The predicted octanol–water partition coefficient (Wildman–Crippen LogP) is 3.55. The van der Waals surface area contributed by atoms with Gasteiger partial charge in [-0.2, -0.15) is 0 Å². The molecule has 6 nitrogen and oxygen atoms in total. The molecule has 0 bridgehead atoms. The zero-order valence-electron chi connectivity index (χ0n) is 17.2. The molecule has 2 fully saturated rings. The van der Waals surface area contributed by atoms with Crippen molar-refractivity contribution in [2.45, 2.75) is 49.0 Å². The van der Waals surface area contributed by atoms with E-state index in [1.54, 1.807) is 25.3 Å². The van der Waals surface area contributed by atoms with E-state index in [0.29, 0.717) is 18.7 Å². The Morgan fingerprint density at radius 2 is 1.80 bits per heavy atom. The van der Waals surface area contributed by atoms with Crippen molar-refractivity contribution in [2.24, 2.45) is 0 Å². The van der Waals surface area contributed by atoms with Crippen molar-refractivity contribution in [1.82, 2.24) is 9.62 Å². The molecule has 0 radical (unpaired) electrons. The summed E-state index contributed by atoms with van der Waals surface area (Å²) in [6, 6.07) is 14.3. The molecule has 2 aromatic rings. The van der Waals surface area contributed by atoms with Crippen LogP contribution in [0, 0.1) is 0 Å². The van der Waals surface area contributed by atoms with Crippen molar-refractivity contribution in [3.8, 4) is 5.75 Å². The summed E-state index contributed by atoms with van der Waals surface area (Å²) in [5.74, 6) is 0.966. The minimum Gasteiger partial charge on any atom is -0.497 e. The van der Waals surface area contributed by atoms with Gasteiger partial charge in [-0.1, -0.05) is 31.0 Å². The molecule has 0 aromatic heterocycles. The Morgan fingerprint density at radius 3 is 2.50 bits per heavy atom. The van der Waals surface area contributed by atoms with Gasteiger partial charge in [0.15, 0.2) is 0 Å². The van der Waals surface area contributed by atoms with Crippen molar-refractivity contribution in [2.75, 3.05) is 20.2 Å². The number of amides is 1. The maximum atomic E-state index is 13.0. The Bertz CT molecular complexity index is 998. The summed E-state index contributed by atoms with van der Waals surface area (Å²) in [7, 11) is -1.97. The first-order valence-electron chi connectivity index (χ1n) is 10.5. The van der Waals surface area contributed by atoms with Gasteiger partial charge < -0.3 is 9.64 Å². The zero-order chi connectivity index (χ0) is 21.1. The number of rotatable bonds is 6. The number of hydrogen-bond donors (Lipinski definition) is 1. The molecule has 1 atom stereocenters. The van der Waals surface area contributed by atoms with E-state index in [9.17, 15) is 13.2 Å². The second-order valence-corrected chi connectivity index (χ2v) is 9.85. The third kappa shape index (κ3) is 4.52. The first-order chi connectivity index (χ1) is 14.5. The van der Waals surface area contributed by atoms with Crippen LogP contribution in [0.15, 0.2) is 53.4 Å². The van der Waals surface area contributed by atoms with Crippen LogP contribution in [-0.2, 0) is 10.0 Å². The summed E-state index contributed by atoms with van der Waals surface area (Å²) in [6.07, 6.45) is 4.74. The summed E-state index contributed by atoms with van der Waals surface area (Å²) in [5, 5.41) is 0. The second-order valence-electron chi connectivity index (χ2n) is 8.14. The van der Waals surface area contributed by atoms with Crippen molar-refractivity contribution in [3.05, 3.63) is 59.7 Å². The lowest BCUT2D eigenvalue weighted by molar-refractivity contribution is 0.0790. The molecular formula is C23H28N2O4S. The van der Waals surface area contributed by atoms with Gasteiger partial charge in [-0.05, 0) is 55.2 Å². The van der Waals surface area contributed by atoms with E-state index in [1.807, 2.05) is 29.2 Å². The molecule has 2 aromatic carbocycles. The van der Waals surface area contributed by atoms with Crippen LogP contribution < -0.4 is 9.46 Å². The van der Waals surface area contributed by atoms with E-state index in [0.717, 1.165) is 37.9 Å². The van der Waals surface area contributed by atoms with E-state index in [1.165, 1.54) is 11.6 Å². The third-order valence-corrected chi connectivity index (χ3v) is 7.65. The van der Waals surface area contributed by atoms with Crippen LogP contribution in [0.2, 0.25) is 0 Å². The number of benzene rings is 2. The average Bonchev–Trinajstić information content (AvgIpc) is 3.45. The van der Waals surface area contributed by atoms with Crippen molar-refractivity contribution in [1.29, 1.82) is 0 Å². The molecule has 7 heteroatoms. The van der Waals surface area contributed by atoms with Crippen LogP contribution in [0.3, 0.4) is 0 Å². The SMILES string of the molecule is COc1ccc(C2CCN(C(=O)c3cccc(S(=O)(=O)NC4CCCC4)c3)C2)cc1. The van der Waals surface area contributed by atoms with E-state index in [2.05, 4.69) is 4.72 Å². The molecule has 1 unspecified atom stereocenters. The number of hydrogen-bond acceptors (Lipinski definition) is 4. The van der Waals surface area contributed by atoms with Gasteiger partial charge in [-0.3, -0.25) is 4.79 Å². The fourth-order valence-electron chi connectivity index (χ4n) is 4.40. The topological polar surface area (TPSA) is 75.7 Å². The fraction of sp³-hybridized carbons (Fsp3) is 0.435. The molecule has 1 N–H and O–H groups in total. The minimum atomic E-state index is -3.62. The Balaban J connectivity index is 1.45. The van der Waals surface area contributed by atoms with E-state index in [-0.39, 0.29) is 22.8 Å². The van der Waals surface area contributed by atoms with Gasteiger partial charge in [0.2, 0.25) is 10.0 Å². The molecule has 2 aliphatic rings. The molecule has 1 amide bonds. The minimum absolute atomic E-state index is 0.00167. The Morgan fingerprint density at radius 1 is 1.07 bits per heavy atom. The lowest BCUT2D eigenvalue weighted by Gasteiger charge is -2.18. The van der Waals surface area contributed by atoms with Crippen LogP contribution >= 0.6 is 0 Å². The van der Waals surface area contributed by atoms with Gasteiger partial charge >= 0.3 is 0 Å². The van der Waals surface area contributed by atoms with Gasteiger partial charge in [0.25, 0.3) is 5.91 Å². The smallest absolute Gasteiger partial charge is 0.253 e. The van der Waals surface area contributed by atoms with Gasteiger partial charge in [0, 0.05) is 30.6 Å². The quantitative estimate of drug-likeness (QED) is 0.764. The molecule has 1 aliphatic carbocycles. The Kier molecular flexibility index (Phi) is 6.11. The molecule has 1 saturated heterocycles. The fourth-order valence-corrected chi connectivity index (χ4v) is 5.75. The van der Waals surface area contributed by atoms with Gasteiger partial charge in [0.1, 0.15) is 5.75 Å². The van der Waals surface area contributed by atoms with Gasteiger partial charge in [-0.15, -0.1) is 0 Å². The Hall–Kier alpha value is -2.38. The van der Waals surface area contributed by atoms with Crippen molar-refractivity contribution >= 4 is 15.9 Å². The number of methoxy groups -OCH3 is 1. The lowest BCUT2D eigenvalue weighted by Crippen LogP contribution is -2.33. The molecule has 1 saturated carbocycles. The molecule has 160 valence electrons. The van der Waals surface area contributed by atoms with Crippen molar-refractivity contribution in [3.63, 3.8) is 0 Å². The molecule has 1 heterocycles. The van der Waals surface area contributed by atoms with Crippen LogP contribution in [-0.4, -0.2) is 45.5 Å². The number of carbonyl (C=O) groups excluding carboxylic acids is 1. The van der Waals surface area contributed by atoms with E-state index >= 15 is 0 Å².